The molecule has 62 valence electrons. The van der Waals surface area contributed by atoms with E-state index in [-0.39, 0.29) is 37.0 Å². The standard InChI is InChI=1S/C6H14N2O2.Na.H/c1-3-8(7)4-5-10-6(2)9;;/h3-5,7H2,1-2H3;;/q;+1;-1. The van der Waals surface area contributed by atoms with Gasteiger partial charge in [-0.25, -0.2) is 5.01 Å². The van der Waals surface area contributed by atoms with Crippen molar-refractivity contribution in [2.75, 3.05) is 19.7 Å². The van der Waals surface area contributed by atoms with Crippen LogP contribution in [0.5, 0.6) is 0 Å². The minimum Gasteiger partial charge on any atom is -1.00 e. The van der Waals surface area contributed by atoms with Gasteiger partial charge in [0.05, 0.1) is 0 Å². The quantitative estimate of drug-likeness (QED) is 0.210. The van der Waals surface area contributed by atoms with Gasteiger partial charge in [-0.1, -0.05) is 6.92 Å². The molecule has 0 spiro atoms. The maximum absolute atomic E-state index is 10.2. The Labute approximate surface area is 90.8 Å². The Morgan fingerprint density at radius 3 is 2.64 bits per heavy atom. The molecule has 5 heteroatoms. The van der Waals surface area contributed by atoms with Crippen molar-refractivity contribution >= 4 is 5.97 Å². The van der Waals surface area contributed by atoms with Crippen LogP contribution in [-0.2, 0) is 9.53 Å². The van der Waals surface area contributed by atoms with Gasteiger partial charge in [0, 0.05) is 20.0 Å². The van der Waals surface area contributed by atoms with E-state index in [0.717, 1.165) is 6.54 Å². The molecule has 0 amide bonds. The summed E-state index contributed by atoms with van der Waals surface area (Å²) in [6.45, 7) is 5.05. The van der Waals surface area contributed by atoms with Gasteiger partial charge in [0.25, 0.3) is 0 Å². The number of carbonyl (C=O) groups is 1. The average molecular weight is 170 g/mol. The number of likely N-dealkylation sites (N-methyl/N-ethyl adjacent to an activating group) is 1. The summed E-state index contributed by atoms with van der Waals surface area (Å²) in [5, 5.41) is 1.59. The second-order valence-electron chi connectivity index (χ2n) is 1.97. The average Bonchev–Trinajstić information content (AvgIpc) is 1.87. The van der Waals surface area contributed by atoms with Crippen LogP contribution in [0.25, 0.3) is 0 Å². The zero-order chi connectivity index (χ0) is 7.98. The van der Waals surface area contributed by atoms with Crippen molar-refractivity contribution in [3.8, 4) is 0 Å². The maximum atomic E-state index is 10.2. The van der Waals surface area contributed by atoms with Crippen molar-refractivity contribution in [2.24, 2.45) is 5.84 Å². The monoisotopic (exact) mass is 170 g/mol. The number of hydrogen-bond acceptors (Lipinski definition) is 4. The van der Waals surface area contributed by atoms with Gasteiger partial charge >= 0.3 is 35.5 Å². The first kappa shape index (κ1) is 13.9. The first-order valence-corrected chi connectivity index (χ1v) is 3.29. The van der Waals surface area contributed by atoms with E-state index in [9.17, 15) is 4.79 Å². The topological polar surface area (TPSA) is 55.6 Å². The van der Waals surface area contributed by atoms with Crippen molar-refractivity contribution in [2.45, 2.75) is 13.8 Å². The number of nitrogens with two attached hydrogens (primary N) is 1. The zero-order valence-electron chi connectivity index (χ0n) is 8.46. The van der Waals surface area contributed by atoms with Crippen LogP contribution in [0, 0.1) is 0 Å². The van der Waals surface area contributed by atoms with Gasteiger partial charge in [-0.2, -0.15) is 0 Å². The second kappa shape index (κ2) is 8.49. The van der Waals surface area contributed by atoms with Crippen LogP contribution in [0.1, 0.15) is 15.3 Å². The summed E-state index contributed by atoms with van der Waals surface area (Å²) < 4.78 is 4.65. The molecule has 0 unspecified atom stereocenters. The van der Waals surface area contributed by atoms with Crippen LogP contribution in [0.3, 0.4) is 0 Å². The van der Waals surface area contributed by atoms with Gasteiger partial charge in [-0.05, 0) is 0 Å². The van der Waals surface area contributed by atoms with Gasteiger partial charge in [0.15, 0.2) is 0 Å². The van der Waals surface area contributed by atoms with E-state index in [2.05, 4.69) is 4.74 Å². The Kier molecular flexibility index (Phi) is 10.8. The summed E-state index contributed by atoms with van der Waals surface area (Å²) in [7, 11) is 0. The summed E-state index contributed by atoms with van der Waals surface area (Å²) in [5.74, 6) is 5.14. The molecule has 0 atom stereocenters. The number of ether oxygens (including phenoxy) is 1. The molecule has 0 fully saturated rings. The molecule has 11 heavy (non-hydrogen) atoms. The molecule has 0 rings (SSSR count). The number of nitrogens with zero attached hydrogens (tertiary/aromatic N) is 1. The minimum absolute atomic E-state index is 0. The molecule has 2 N–H and O–H groups in total. The third kappa shape index (κ3) is 10.4. The predicted molar refractivity (Wildman–Crippen MR) is 39.2 cm³/mol. The third-order valence-corrected chi connectivity index (χ3v) is 1.09. The van der Waals surface area contributed by atoms with Gasteiger partial charge in [0.2, 0.25) is 0 Å². The second-order valence-corrected chi connectivity index (χ2v) is 1.97. The number of rotatable bonds is 4. The molecule has 0 saturated carbocycles. The number of carbonyl (C=O) groups excluding carboxylic acids is 1. The van der Waals surface area contributed by atoms with Crippen LogP contribution in [0.15, 0.2) is 0 Å². The predicted octanol–water partition coefficient (Wildman–Crippen LogP) is -3.14. The molecule has 0 aromatic heterocycles. The zero-order valence-corrected chi connectivity index (χ0v) is 9.46. The molecule has 0 bridgehead atoms. The summed E-state index contributed by atoms with van der Waals surface area (Å²) >= 11 is 0. The Balaban J connectivity index is -0.000000405. The summed E-state index contributed by atoms with van der Waals surface area (Å²) in [6.07, 6.45) is 0. The molecule has 0 aliphatic rings. The van der Waals surface area contributed by atoms with Crippen molar-refractivity contribution in [3.63, 3.8) is 0 Å². The smallest absolute Gasteiger partial charge is 1.00 e. The van der Waals surface area contributed by atoms with Gasteiger partial charge in [0.1, 0.15) is 6.61 Å². The molecule has 0 aliphatic carbocycles. The molecule has 4 nitrogen and oxygen atoms in total. The fourth-order valence-corrected chi connectivity index (χ4v) is 0.465. The molecular formula is C6H15N2NaO2. The van der Waals surface area contributed by atoms with E-state index in [0.29, 0.717) is 13.2 Å². The van der Waals surface area contributed by atoms with Crippen molar-refractivity contribution < 1.29 is 40.5 Å². The minimum atomic E-state index is -0.260. The van der Waals surface area contributed by atoms with Crippen LogP contribution >= 0.6 is 0 Å². The van der Waals surface area contributed by atoms with Crippen LogP contribution in [0.4, 0.5) is 0 Å². The number of hydrazine groups is 1. The normalized spacial score (nSPS) is 9.09. The molecule has 0 aromatic rings. The maximum Gasteiger partial charge on any atom is 1.00 e. The largest absolute Gasteiger partial charge is 1.00 e. The molecule has 0 aliphatic heterocycles. The van der Waals surface area contributed by atoms with E-state index in [1.807, 2.05) is 6.92 Å². The van der Waals surface area contributed by atoms with Crippen LogP contribution < -0.4 is 35.4 Å². The Bertz CT molecular complexity index is 116. The van der Waals surface area contributed by atoms with Gasteiger partial charge < -0.3 is 6.16 Å². The third-order valence-electron chi connectivity index (χ3n) is 1.09. The van der Waals surface area contributed by atoms with E-state index < -0.39 is 0 Å². The van der Waals surface area contributed by atoms with Crippen molar-refractivity contribution in [1.29, 1.82) is 0 Å². The Morgan fingerprint density at radius 1 is 1.73 bits per heavy atom. The number of esters is 1. The molecular weight excluding hydrogens is 155 g/mol. The fraction of sp³-hybridized carbons (Fsp3) is 0.833. The first-order valence-electron chi connectivity index (χ1n) is 3.29. The Hall–Kier alpha value is 0.390. The first-order chi connectivity index (χ1) is 4.66. The van der Waals surface area contributed by atoms with E-state index >= 15 is 0 Å². The summed E-state index contributed by atoms with van der Waals surface area (Å²) in [4.78, 5) is 10.2. The molecule has 0 aromatic carbocycles. The van der Waals surface area contributed by atoms with Crippen molar-refractivity contribution in [3.05, 3.63) is 0 Å². The van der Waals surface area contributed by atoms with Crippen molar-refractivity contribution in [1.82, 2.24) is 5.01 Å². The van der Waals surface area contributed by atoms with E-state index in [1.54, 1.807) is 5.01 Å². The van der Waals surface area contributed by atoms with Crippen LogP contribution in [-0.4, -0.2) is 30.7 Å². The Morgan fingerprint density at radius 2 is 2.27 bits per heavy atom. The van der Waals surface area contributed by atoms with E-state index in [4.69, 9.17) is 5.84 Å². The molecule has 0 saturated heterocycles. The van der Waals surface area contributed by atoms with Crippen LogP contribution in [0.2, 0.25) is 0 Å². The molecule has 0 radical (unpaired) electrons. The van der Waals surface area contributed by atoms with Gasteiger partial charge in [-0.3, -0.25) is 10.6 Å². The fourth-order valence-electron chi connectivity index (χ4n) is 0.465. The number of hydrogen-bond donors (Lipinski definition) is 1. The van der Waals surface area contributed by atoms with Gasteiger partial charge in [-0.15, -0.1) is 0 Å². The summed E-state index contributed by atoms with van der Waals surface area (Å²) in [5.41, 5.74) is 0. The summed E-state index contributed by atoms with van der Waals surface area (Å²) in [6, 6.07) is 0. The SMILES string of the molecule is CCN(N)CCOC(C)=O.[H-].[Na+]. The van der Waals surface area contributed by atoms with E-state index in [1.165, 1.54) is 6.92 Å². The molecule has 0 heterocycles.